The number of aromatic amines is 1. The lowest BCUT2D eigenvalue weighted by molar-refractivity contribution is -0.165. The molecule has 2 rings (SSSR count). The van der Waals surface area contributed by atoms with E-state index in [2.05, 4.69) is 15.0 Å². The van der Waals surface area contributed by atoms with Crippen LogP contribution < -0.4 is 28.5 Å². The van der Waals surface area contributed by atoms with Crippen LogP contribution in [0.3, 0.4) is 0 Å². The molecule has 0 aliphatic rings. The zero-order valence-corrected chi connectivity index (χ0v) is 24.6. The smallest absolute Gasteiger partial charge is 0.323 e. The predicted octanol–water partition coefficient (Wildman–Crippen LogP) is -0.342. The molecule has 0 aromatic carbocycles. The van der Waals surface area contributed by atoms with Crippen LogP contribution in [0.25, 0.3) is 11.2 Å². The maximum atomic E-state index is 12.7. The second-order valence-corrected chi connectivity index (χ2v) is 11.4. The number of hydrogen-bond donors (Lipinski definition) is 5. The van der Waals surface area contributed by atoms with Crippen molar-refractivity contribution >= 4 is 35.0 Å². The molecule has 0 aliphatic carbocycles. The lowest BCUT2D eigenvalue weighted by Crippen LogP contribution is -2.46. The average Bonchev–Trinajstić information content (AvgIpc) is 3.33. The summed E-state index contributed by atoms with van der Waals surface area (Å²) in [5, 5.41) is 0. The molecule has 0 aliphatic heterocycles. The summed E-state index contributed by atoms with van der Waals surface area (Å²) < 4.78 is 18.3. The second kappa shape index (κ2) is 14.4. The lowest BCUT2D eigenvalue weighted by Gasteiger charge is -2.34. The number of fused-ring (bicyclic) bond motifs is 1. The number of hydrogen-bond acceptors (Lipinski definition) is 13. The third-order valence-corrected chi connectivity index (χ3v) is 6.91. The summed E-state index contributed by atoms with van der Waals surface area (Å²) >= 11 is 0. The van der Waals surface area contributed by atoms with Gasteiger partial charge >= 0.3 is 17.9 Å². The first kappa shape index (κ1) is 33.6. The fourth-order valence-electron chi connectivity index (χ4n) is 3.61. The first-order valence-electron chi connectivity index (χ1n) is 13.6. The van der Waals surface area contributed by atoms with E-state index >= 15 is 0 Å². The largest absolute Gasteiger partial charge is 0.464 e. The Bertz CT molecular complexity index is 1180. The molecule has 0 amide bonds. The Balaban J connectivity index is 2.45. The van der Waals surface area contributed by atoms with E-state index in [9.17, 15) is 19.2 Å². The summed E-state index contributed by atoms with van der Waals surface area (Å²) in [4.78, 5) is 61.0. The number of aromatic nitrogens is 4. The van der Waals surface area contributed by atoms with Crippen LogP contribution in [0.2, 0.25) is 0 Å². The second-order valence-electron chi connectivity index (χ2n) is 11.4. The highest BCUT2D eigenvalue weighted by Crippen LogP contribution is 2.28. The van der Waals surface area contributed by atoms with Gasteiger partial charge in [0.2, 0.25) is 5.95 Å². The summed E-state index contributed by atoms with van der Waals surface area (Å²) in [6.07, 6.45) is 1.52. The van der Waals surface area contributed by atoms with Gasteiger partial charge in [-0.1, -0.05) is 41.5 Å². The Morgan fingerprint density at radius 3 is 1.66 bits per heavy atom. The molecule has 0 spiro atoms. The van der Waals surface area contributed by atoms with Crippen LogP contribution in [0.5, 0.6) is 0 Å². The van der Waals surface area contributed by atoms with Crippen molar-refractivity contribution in [3.8, 4) is 0 Å². The third kappa shape index (κ3) is 8.96. The highest BCUT2D eigenvalue weighted by Gasteiger charge is 2.38. The van der Waals surface area contributed by atoms with Crippen molar-refractivity contribution in [1.29, 1.82) is 0 Å². The van der Waals surface area contributed by atoms with Crippen molar-refractivity contribution in [2.45, 2.75) is 72.6 Å². The molecule has 15 nitrogen and oxygen atoms in total. The maximum absolute atomic E-state index is 12.7. The number of aryl methyl sites for hydroxylation is 1. The number of H-pyrrole nitrogens is 1. The number of nitrogens with one attached hydrogen (secondary N) is 1. The van der Waals surface area contributed by atoms with E-state index in [1.807, 2.05) is 0 Å². The van der Waals surface area contributed by atoms with Gasteiger partial charge in [0.25, 0.3) is 5.56 Å². The molecule has 0 bridgehead atoms. The molecule has 3 unspecified atom stereocenters. The number of nitrogen functional groups attached to an aromatic ring is 1. The standard InChI is InChI=1S/C26H44N8O7/c1-13(2)16(27)22(36)39-9-26(10-40-23(37)17(28)14(3)4,11-41-24(38)18(29)15(5)6)7-8-34-12-31-19-20(34)32-25(30)33-21(19)35/h12-18H,7-11,27-29H2,1-6H3,(H3,30,32,33,35). The molecule has 0 saturated heterocycles. The minimum atomic E-state index is -1.26. The Labute approximate surface area is 238 Å². The van der Waals surface area contributed by atoms with E-state index < -0.39 is 47.0 Å². The molecule has 0 radical (unpaired) electrons. The van der Waals surface area contributed by atoms with Crippen LogP contribution in [0.4, 0.5) is 5.95 Å². The van der Waals surface area contributed by atoms with Gasteiger partial charge in [-0.3, -0.25) is 24.2 Å². The van der Waals surface area contributed by atoms with Crippen molar-refractivity contribution in [3.05, 3.63) is 16.7 Å². The first-order chi connectivity index (χ1) is 19.1. The zero-order chi connectivity index (χ0) is 31.1. The summed E-state index contributed by atoms with van der Waals surface area (Å²) in [5.74, 6) is -2.72. The molecule has 9 N–H and O–H groups in total. The van der Waals surface area contributed by atoms with Crippen LogP contribution in [-0.2, 0) is 35.1 Å². The van der Waals surface area contributed by atoms with E-state index in [1.165, 1.54) is 6.33 Å². The number of rotatable bonds is 15. The molecule has 2 aromatic rings. The van der Waals surface area contributed by atoms with Crippen molar-refractivity contribution in [2.75, 3.05) is 25.6 Å². The van der Waals surface area contributed by atoms with Gasteiger partial charge in [0, 0.05) is 6.54 Å². The number of ether oxygens (including phenoxy) is 3. The normalized spacial score (nSPS) is 15.5. The van der Waals surface area contributed by atoms with Crippen LogP contribution in [0.15, 0.2) is 11.1 Å². The summed E-state index contributed by atoms with van der Waals surface area (Å²) in [7, 11) is 0. The van der Waals surface area contributed by atoms with Gasteiger partial charge in [-0.05, 0) is 24.2 Å². The number of carbonyl (C=O) groups is 3. The number of imidazole rings is 1. The van der Waals surface area contributed by atoms with E-state index in [4.69, 9.17) is 37.1 Å². The molecule has 2 aromatic heterocycles. The molecule has 3 atom stereocenters. The van der Waals surface area contributed by atoms with Crippen LogP contribution in [-0.4, -0.2) is 75.4 Å². The summed E-state index contributed by atoms with van der Waals surface area (Å²) in [6, 6.07) is -2.71. The molecule has 0 fully saturated rings. The van der Waals surface area contributed by atoms with Gasteiger partial charge in [0.05, 0.1) is 11.7 Å². The molecule has 230 valence electrons. The molecule has 15 heteroatoms. The van der Waals surface area contributed by atoms with Crippen molar-refractivity contribution in [2.24, 2.45) is 40.4 Å². The van der Waals surface area contributed by atoms with Gasteiger partial charge in [-0.15, -0.1) is 0 Å². The Morgan fingerprint density at radius 2 is 1.27 bits per heavy atom. The molecular formula is C26H44N8O7. The highest BCUT2D eigenvalue weighted by molar-refractivity contribution is 5.77. The third-order valence-electron chi connectivity index (χ3n) is 6.91. The van der Waals surface area contributed by atoms with E-state index in [0.29, 0.717) is 0 Å². The number of anilines is 1. The topological polar surface area (TPSA) is 247 Å². The fraction of sp³-hybridized carbons (Fsp3) is 0.692. The first-order valence-corrected chi connectivity index (χ1v) is 13.6. The maximum Gasteiger partial charge on any atom is 0.323 e. The number of esters is 3. The molecule has 2 heterocycles. The zero-order valence-electron chi connectivity index (χ0n) is 24.6. The number of carbonyl (C=O) groups excluding carboxylic acids is 3. The monoisotopic (exact) mass is 580 g/mol. The van der Waals surface area contributed by atoms with Crippen molar-refractivity contribution in [3.63, 3.8) is 0 Å². The van der Waals surface area contributed by atoms with E-state index in [1.54, 1.807) is 46.1 Å². The van der Waals surface area contributed by atoms with Crippen LogP contribution in [0, 0.1) is 23.2 Å². The fourth-order valence-corrected chi connectivity index (χ4v) is 3.61. The lowest BCUT2D eigenvalue weighted by atomic mass is 9.86. The van der Waals surface area contributed by atoms with Crippen molar-refractivity contribution < 1.29 is 28.6 Å². The number of nitrogens with zero attached hydrogens (tertiary/aromatic N) is 3. The summed E-state index contributed by atoms with van der Waals surface area (Å²) in [6.45, 7) is 9.82. The minimum Gasteiger partial charge on any atom is -0.464 e. The molecule has 41 heavy (non-hydrogen) atoms. The van der Waals surface area contributed by atoms with Gasteiger partial charge in [-0.25, -0.2) is 4.98 Å². The summed E-state index contributed by atoms with van der Waals surface area (Å²) in [5.41, 5.74) is 22.2. The molecular weight excluding hydrogens is 536 g/mol. The van der Waals surface area contributed by atoms with Gasteiger partial charge < -0.3 is 41.7 Å². The van der Waals surface area contributed by atoms with Crippen LogP contribution >= 0.6 is 0 Å². The predicted molar refractivity (Wildman–Crippen MR) is 151 cm³/mol. The quantitative estimate of drug-likeness (QED) is 0.134. The Morgan fingerprint density at radius 1 is 0.854 bits per heavy atom. The SMILES string of the molecule is CC(C)C(N)C(=O)OCC(CCn1cnc2c(=O)[nH]c(N)nc21)(COC(=O)C(N)C(C)C)COC(=O)C(N)C(C)C. The average molecular weight is 581 g/mol. The van der Waals surface area contributed by atoms with Gasteiger partial charge in [0.15, 0.2) is 11.2 Å². The minimum absolute atomic E-state index is 0.0720. The number of nitrogens with two attached hydrogens (primary N) is 4. The van der Waals surface area contributed by atoms with Gasteiger partial charge in [-0.2, -0.15) is 4.98 Å². The molecule has 0 saturated carbocycles. The van der Waals surface area contributed by atoms with Crippen molar-refractivity contribution in [1.82, 2.24) is 19.5 Å². The van der Waals surface area contributed by atoms with E-state index in [-0.39, 0.29) is 67.7 Å². The van der Waals surface area contributed by atoms with Crippen LogP contribution in [0.1, 0.15) is 48.0 Å². The van der Waals surface area contributed by atoms with Gasteiger partial charge in [0.1, 0.15) is 37.9 Å². The Kier molecular flexibility index (Phi) is 11.8. The van der Waals surface area contributed by atoms with E-state index in [0.717, 1.165) is 0 Å². The highest BCUT2D eigenvalue weighted by atomic mass is 16.6. The Hall–Kier alpha value is -3.56.